The summed E-state index contributed by atoms with van der Waals surface area (Å²) in [5.74, 6) is 0.129. The summed E-state index contributed by atoms with van der Waals surface area (Å²) < 4.78 is 36.6. The van der Waals surface area contributed by atoms with Gasteiger partial charge in [0.2, 0.25) is 10.0 Å². The zero-order valence-electron chi connectivity index (χ0n) is 25.5. The molecule has 1 saturated heterocycles. The van der Waals surface area contributed by atoms with Crippen LogP contribution in [-0.2, 0) is 31.4 Å². The van der Waals surface area contributed by atoms with Crippen molar-refractivity contribution >= 4 is 27.5 Å². The van der Waals surface area contributed by atoms with E-state index in [0.29, 0.717) is 36.9 Å². The van der Waals surface area contributed by atoms with Gasteiger partial charge in [0, 0.05) is 29.1 Å². The Morgan fingerprint density at radius 3 is 2.80 bits per heavy atom. The summed E-state index contributed by atoms with van der Waals surface area (Å²) in [6.45, 7) is 4.05. The summed E-state index contributed by atoms with van der Waals surface area (Å²) in [6, 6.07) is 6.02. The predicted octanol–water partition coefficient (Wildman–Crippen LogP) is 5.08. The monoisotopic (exact) mass is 640 g/mol. The fraction of sp³-hybridized carbons (Fsp3) is 0.629. The Kier molecular flexibility index (Phi) is 8.36. The number of sulfonamides is 1. The maximum atomic E-state index is 13.7. The number of nitrogens with one attached hydrogen (secondary N) is 1. The number of hydrogen-bond donors (Lipinski definition) is 2. The third-order valence-electron chi connectivity index (χ3n) is 11.4. The second-order valence-corrected chi connectivity index (χ2v) is 16.8. The van der Waals surface area contributed by atoms with Crippen LogP contribution in [0.5, 0.6) is 0 Å². The SMILES string of the molecule is C[C@H]1C/C=C/C(O)C2CCC2CN2C[C@@]3(CCCc4cc(Cl)ccc43)COC3C=CC(=CC32)C(=O)NS(=O)(=O)[C@H]1CC1CC1. The number of carbonyl (C=O) groups excluding carboxylic acids is 1. The van der Waals surface area contributed by atoms with Gasteiger partial charge >= 0.3 is 0 Å². The molecule has 3 fully saturated rings. The molecular weight excluding hydrogens is 596 g/mol. The molecule has 8 atom stereocenters. The first-order valence-electron chi connectivity index (χ1n) is 16.6. The molecule has 9 heteroatoms. The minimum atomic E-state index is -3.91. The first-order valence-corrected chi connectivity index (χ1v) is 18.5. The number of aryl methyl sites for hydroxylation is 1. The molecule has 44 heavy (non-hydrogen) atoms. The number of hydrogen-bond acceptors (Lipinski definition) is 6. The van der Waals surface area contributed by atoms with Crippen LogP contribution < -0.4 is 4.72 Å². The molecule has 2 bridgehead atoms. The first kappa shape index (κ1) is 30.7. The lowest BCUT2D eigenvalue weighted by atomic mass is 9.68. The molecule has 5 unspecified atom stereocenters. The van der Waals surface area contributed by atoms with Gasteiger partial charge in [-0.3, -0.25) is 9.69 Å². The molecule has 2 heterocycles. The Balaban J connectivity index is 1.25. The highest BCUT2D eigenvalue weighted by molar-refractivity contribution is 7.90. The van der Waals surface area contributed by atoms with E-state index in [1.54, 1.807) is 6.08 Å². The lowest BCUT2D eigenvalue weighted by Crippen LogP contribution is -2.52. The summed E-state index contributed by atoms with van der Waals surface area (Å²) in [5, 5.41) is 11.4. The average Bonchev–Trinajstić information content (AvgIpc) is 3.81. The van der Waals surface area contributed by atoms with Gasteiger partial charge in [0.25, 0.3) is 5.91 Å². The molecule has 7 nitrogen and oxygen atoms in total. The van der Waals surface area contributed by atoms with Crippen molar-refractivity contribution in [3.63, 3.8) is 0 Å². The molecule has 2 N–H and O–H groups in total. The molecule has 1 aromatic carbocycles. The van der Waals surface area contributed by atoms with Crippen LogP contribution in [-0.4, -0.2) is 67.5 Å². The molecule has 1 amide bonds. The number of ether oxygens (including phenoxy) is 1. The number of rotatable bonds is 2. The van der Waals surface area contributed by atoms with Crippen molar-refractivity contribution < 1.29 is 23.1 Å². The van der Waals surface area contributed by atoms with Gasteiger partial charge in [-0.2, -0.15) is 0 Å². The molecule has 0 radical (unpaired) electrons. The zero-order chi connectivity index (χ0) is 30.6. The second kappa shape index (κ2) is 12.0. The van der Waals surface area contributed by atoms with Crippen molar-refractivity contribution in [3.05, 3.63) is 70.3 Å². The normalized spacial score (nSPS) is 39.7. The first-order chi connectivity index (χ1) is 21.1. The summed E-state index contributed by atoms with van der Waals surface area (Å²) in [6.07, 6.45) is 16.9. The predicted molar refractivity (Wildman–Crippen MR) is 172 cm³/mol. The van der Waals surface area contributed by atoms with E-state index in [-0.39, 0.29) is 29.4 Å². The van der Waals surface area contributed by atoms with Crippen molar-refractivity contribution in [2.24, 2.45) is 23.7 Å². The van der Waals surface area contributed by atoms with Crippen LogP contribution in [0.15, 0.2) is 54.2 Å². The largest absolute Gasteiger partial charge is 0.389 e. The van der Waals surface area contributed by atoms with Gasteiger partial charge in [0.05, 0.1) is 30.1 Å². The minimum absolute atomic E-state index is 0.155. The molecule has 0 aromatic heterocycles. The van der Waals surface area contributed by atoms with Crippen LogP contribution in [0.3, 0.4) is 0 Å². The highest BCUT2D eigenvalue weighted by atomic mass is 35.5. The van der Waals surface area contributed by atoms with Crippen LogP contribution in [0.4, 0.5) is 0 Å². The van der Waals surface area contributed by atoms with Crippen molar-refractivity contribution in [1.29, 1.82) is 0 Å². The summed E-state index contributed by atoms with van der Waals surface area (Å²) in [7, 11) is -3.91. The van der Waals surface area contributed by atoms with Crippen molar-refractivity contribution in [1.82, 2.24) is 9.62 Å². The van der Waals surface area contributed by atoms with Crippen molar-refractivity contribution in [2.75, 3.05) is 19.7 Å². The smallest absolute Gasteiger partial charge is 0.264 e. The Bertz CT molecular complexity index is 1490. The second-order valence-electron chi connectivity index (χ2n) is 14.4. The van der Waals surface area contributed by atoms with E-state index >= 15 is 0 Å². The van der Waals surface area contributed by atoms with Crippen LogP contribution in [0, 0.1) is 23.7 Å². The topological polar surface area (TPSA) is 95.9 Å². The van der Waals surface area contributed by atoms with Gasteiger partial charge in [0.1, 0.15) is 0 Å². The molecule has 7 rings (SSSR count). The minimum Gasteiger partial charge on any atom is -0.389 e. The van der Waals surface area contributed by atoms with Gasteiger partial charge in [-0.05, 0) is 91.9 Å². The van der Waals surface area contributed by atoms with Crippen molar-refractivity contribution in [3.8, 4) is 0 Å². The summed E-state index contributed by atoms with van der Waals surface area (Å²) in [5.41, 5.74) is 2.72. The van der Waals surface area contributed by atoms with Crippen LogP contribution in [0.25, 0.3) is 0 Å². The van der Waals surface area contributed by atoms with E-state index in [1.807, 2.05) is 37.3 Å². The number of aliphatic hydroxyl groups excluding tert-OH is 1. The molecule has 2 aliphatic heterocycles. The fourth-order valence-corrected chi connectivity index (χ4v) is 10.5. The number of amides is 1. The van der Waals surface area contributed by atoms with Gasteiger partial charge in [-0.1, -0.05) is 67.8 Å². The standard InChI is InChI=1S/C35H45ClN2O5S/c1-22-4-2-6-31(39)28-12-9-26(28)19-38-20-35(15-3-5-24-17-27(36)11-13-29(24)35)21-43-32-14-10-25(18-30(32)38)34(40)37-44(41,42)33(22)16-23-7-8-23/h2,6,10-11,13-14,17-18,22-23,26,28,30-33,39H,3-5,7-9,12,15-16,19-21H2,1H3,(H,37,40)/b6-2+/t22-,26?,28?,30?,31?,32?,33-,35-/m0/s1. The molecule has 238 valence electrons. The number of benzene rings is 1. The van der Waals surface area contributed by atoms with Gasteiger partial charge in [-0.15, -0.1) is 0 Å². The quantitative estimate of drug-likeness (QED) is 0.438. The average molecular weight is 641 g/mol. The highest BCUT2D eigenvalue weighted by Gasteiger charge is 2.47. The third-order valence-corrected chi connectivity index (χ3v) is 13.5. The Morgan fingerprint density at radius 1 is 1.18 bits per heavy atom. The molecule has 1 spiro atoms. The number of nitrogens with zero attached hydrogens (tertiary/aromatic N) is 1. The molecule has 2 saturated carbocycles. The molecule has 4 aliphatic carbocycles. The lowest BCUT2D eigenvalue weighted by molar-refractivity contribution is -0.115. The summed E-state index contributed by atoms with van der Waals surface area (Å²) >= 11 is 6.41. The van der Waals surface area contributed by atoms with Crippen molar-refractivity contribution in [2.45, 2.75) is 93.6 Å². The Hall–Kier alpha value is -1.97. The van der Waals surface area contributed by atoms with Crippen LogP contribution in [0.2, 0.25) is 5.02 Å². The highest BCUT2D eigenvalue weighted by Crippen LogP contribution is 2.45. The maximum absolute atomic E-state index is 13.7. The van der Waals surface area contributed by atoms with Crippen LogP contribution in [0.1, 0.15) is 69.4 Å². The zero-order valence-corrected chi connectivity index (χ0v) is 27.1. The maximum Gasteiger partial charge on any atom is 0.264 e. The Morgan fingerprint density at radius 2 is 2.02 bits per heavy atom. The van der Waals surface area contributed by atoms with Gasteiger partial charge in [0.15, 0.2) is 0 Å². The molecule has 1 aromatic rings. The molecular formula is C35H45ClN2O5S. The number of carbonyl (C=O) groups is 1. The number of aliphatic hydroxyl groups is 1. The summed E-state index contributed by atoms with van der Waals surface area (Å²) in [4.78, 5) is 16.1. The van der Waals surface area contributed by atoms with E-state index in [0.717, 1.165) is 63.1 Å². The Labute approximate surface area is 266 Å². The fourth-order valence-electron chi connectivity index (χ4n) is 8.51. The van der Waals surface area contributed by atoms with E-state index in [1.165, 1.54) is 11.1 Å². The number of halogens is 1. The van der Waals surface area contributed by atoms with Gasteiger partial charge in [-0.25, -0.2) is 13.1 Å². The van der Waals surface area contributed by atoms with E-state index in [2.05, 4.69) is 21.8 Å². The number of fused-ring (bicyclic) bond motifs is 3. The molecule has 6 aliphatic rings. The van der Waals surface area contributed by atoms with E-state index in [4.69, 9.17) is 16.3 Å². The van der Waals surface area contributed by atoms with Crippen LogP contribution >= 0.6 is 11.6 Å². The lowest BCUT2D eigenvalue weighted by Gasteiger charge is -2.46. The third kappa shape index (κ3) is 5.97. The van der Waals surface area contributed by atoms with Gasteiger partial charge < -0.3 is 9.84 Å². The van der Waals surface area contributed by atoms with E-state index < -0.39 is 27.3 Å². The number of allylic oxidation sites excluding steroid dienone is 1. The van der Waals surface area contributed by atoms with E-state index in [9.17, 15) is 18.3 Å².